The Bertz CT molecular complexity index is 919. The molecule has 2 aromatic carbocycles. The van der Waals surface area contributed by atoms with E-state index in [1.807, 2.05) is 0 Å². The second-order valence-electron chi connectivity index (χ2n) is 5.01. The van der Waals surface area contributed by atoms with Gasteiger partial charge in [0, 0.05) is 23.8 Å². The molecule has 0 saturated carbocycles. The number of hydrogen-bond donors (Lipinski definition) is 2. The van der Waals surface area contributed by atoms with Crippen molar-refractivity contribution < 1.29 is 13.6 Å². The molecular weight excluding hydrogens is 350 g/mol. The number of aromatic nitrogens is 2. The van der Waals surface area contributed by atoms with Crippen molar-refractivity contribution in [2.45, 2.75) is 0 Å². The first-order chi connectivity index (χ1) is 12.0. The minimum Gasteiger partial charge on any atom is -0.324 e. The van der Waals surface area contributed by atoms with Crippen molar-refractivity contribution in [3.05, 3.63) is 77.1 Å². The zero-order valence-corrected chi connectivity index (χ0v) is 13.4. The topological polar surface area (TPSA) is 66.9 Å². The number of nitrogens with one attached hydrogen (secondary N) is 2. The minimum atomic E-state index is -0.573. The molecule has 0 spiro atoms. The Labute approximate surface area is 146 Å². The van der Waals surface area contributed by atoms with E-state index in [9.17, 15) is 13.6 Å². The van der Waals surface area contributed by atoms with Gasteiger partial charge in [-0.05, 0) is 36.4 Å². The number of hydrogen-bond acceptors (Lipinski definition) is 4. The molecule has 3 aromatic rings. The first-order valence-corrected chi connectivity index (χ1v) is 7.50. The normalized spacial score (nSPS) is 10.4. The monoisotopic (exact) mass is 360 g/mol. The lowest BCUT2D eigenvalue weighted by atomic mass is 10.2. The zero-order chi connectivity index (χ0) is 17.8. The summed E-state index contributed by atoms with van der Waals surface area (Å²) in [5, 5.41) is 5.29. The van der Waals surface area contributed by atoms with Crippen LogP contribution in [0.3, 0.4) is 0 Å². The summed E-state index contributed by atoms with van der Waals surface area (Å²) in [6, 6.07) is 9.66. The van der Waals surface area contributed by atoms with E-state index in [4.69, 9.17) is 11.6 Å². The molecule has 2 N–H and O–H groups in total. The molecule has 25 heavy (non-hydrogen) atoms. The first-order valence-electron chi connectivity index (χ1n) is 7.12. The minimum absolute atomic E-state index is 0.0938. The van der Waals surface area contributed by atoms with Gasteiger partial charge in [-0.1, -0.05) is 17.7 Å². The number of carbonyl (C=O) groups is 1. The Morgan fingerprint density at radius 1 is 1.00 bits per heavy atom. The smallest absolute Gasteiger partial charge is 0.258 e. The Hall–Kier alpha value is -3.06. The SMILES string of the molecule is O=C(Nc1ccc(F)c(Cl)c1)c1cnc(Nc2cccc(F)c2)nc1. The van der Waals surface area contributed by atoms with Gasteiger partial charge in [0.25, 0.3) is 5.91 Å². The van der Waals surface area contributed by atoms with Crippen LogP contribution in [0.5, 0.6) is 0 Å². The lowest BCUT2D eigenvalue weighted by Crippen LogP contribution is -2.13. The fourth-order valence-corrected chi connectivity index (χ4v) is 2.16. The van der Waals surface area contributed by atoms with Crippen LogP contribution in [0.15, 0.2) is 54.9 Å². The molecule has 1 heterocycles. The van der Waals surface area contributed by atoms with Gasteiger partial charge in [0.15, 0.2) is 0 Å². The molecule has 3 rings (SSSR count). The van der Waals surface area contributed by atoms with Crippen LogP contribution < -0.4 is 10.6 Å². The fourth-order valence-electron chi connectivity index (χ4n) is 1.98. The van der Waals surface area contributed by atoms with Crippen LogP contribution in [0.4, 0.5) is 26.1 Å². The van der Waals surface area contributed by atoms with Crippen molar-refractivity contribution in [2.24, 2.45) is 0 Å². The summed E-state index contributed by atoms with van der Waals surface area (Å²) in [6.07, 6.45) is 2.63. The van der Waals surface area contributed by atoms with Crippen LogP contribution in [-0.4, -0.2) is 15.9 Å². The Morgan fingerprint density at radius 2 is 1.76 bits per heavy atom. The van der Waals surface area contributed by atoms with E-state index in [1.54, 1.807) is 12.1 Å². The zero-order valence-electron chi connectivity index (χ0n) is 12.6. The van der Waals surface area contributed by atoms with Crippen LogP contribution in [0.2, 0.25) is 5.02 Å². The Balaban J connectivity index is 1.68. The number of carbonyl (C=O) groups excluding carboxylic acids is 1. The predicted octanol–water partition coefficient (Wildman–Crippen LogP) is 4.40. The van der Waals surface area contributed by atoms with Crippen molar-refractivity contribution in [3.63, 3.8) is 0 Å². The number of halogens is 3. The van der Waals surface area contributed by atoms with Crippen LogP contribution in [-0.2, 0) is 0 Å². The standard InChI is InChI=1S/C17H11ClF2N4O/c18-14-7-13(4-5-15(14)20)23-16(25)10-8-21-17(22-9-10)24-12-3-1-2-11(19)6-12/h1-9H,(H,23,25)(H,21,22,24). The largest absolute Gasteiger partial charge is 0.324 e. The van der Waals surface area contributed by atoms with Gasteiger partial charge in [-0.25, -0.2) is 18.7 Å². The van der Waals surface area contributed by atoms with E-state index in [0.717, 1.165) is 6.07 Å². The summed E-state index contributed by atoms with van der Waals surface area (Å²) >= 11 is 5.67. The maximum absolute atomic E-state index is 13.1. The third-order valence-corrected chi connectivity index (χ3v) is 3.46. The summed E-state index contributed by atoms with van der Waals surface area (Å²) in [6.45, 7) is 0. The lowest BCUT2D eigenvalue weighted by Gasteiger charge is -2.07. The van der Waals surface area contributed by atoms with E-state index >= 15 is 0 Å². The number of benzene rings is 2. The van der Waals surface area contributed by atoms with Crippen LogP contribution >= 0.6 is 11.6 Å². The maximum atomic E-state index is 13.1. The van der Waals surface area contributed by atoms with Crippen molar-refractivity contribution in [1.29, 1.82) is 0 Å². The van der Waals surface area contributed by atoms with Crippen LogP contribution in [0, 0.1) is 11.6 Å². The second-order valence-corrected chi connectivity index (χ2v) is 5.42. The van der Waals surface area contributed by atoms with Gasteiger partial charge in [-0.2, -0.15) is 0 Å². The van der Waals surface area contributed by atoms with Gasteiger partial charge in [-0.3, -0.25) is 4.79 Å². The van der Waals surface area contributed by atoms with Gasteiger partial charge in [0.1, 0.15) is 11.6 Å². The van der Waals surface area contributed by atoms with E-state index in [1.165, 1.54) is 36.7 Å². The maximum Gasteiger partial charge on any atom is 0.258 e. The average Bonchev–Trinajstić information content (AvgIpc) is 2.59. The quantitative estimate of drug-likeness (QED) is 0.723. The number of nitrogens with zero attached hydrogens (tertiary/aromatic N) is 2. The summed E-state index contributed by atoms with van der Waals surface area (Å²) < 4.78 is 26.2. The van der Waals surface area contributed by atoms with Crippen molar-refractivity contribution >= 4 is 34.8 Å². The Kier molecular flexibility index (Phi) is 4.85. The van der Waals surface area contributed by atoms with Gasteiger partial charge >= 0.3 is 0 Å². The number of amides is 1. The molecule has 0 aliphatic heterocycles. The molecule has 126 valence electrons. The van der Waals surface area contributed by atoms with Crippen LogP contribution in [0.1, 0.15) is 10.4 Å². The molecule has 0 aliphatic carbocycles. The Morgan fingerprint density at radius 3 is 2.44 bits per heavy atom. The van der Waals surface area contributed by atoms with Gasteiger partial charge in [-0.15, -0.1) is 0 Å². The van der Waals surface area contributed by atoms with Crippen molar-refractivity contribution in [1.82, 2.24) is 9.97 Å². The molecule has 0 atom stereocenters. The molecule has 0 unspecified atom stereocenters. The number of rotatable bonds is 4. The summed E-state index contributed by atoms with van der Waals surface area (Å²) in [5.41, 5.74) is 1.03. The molecule has 0 saturated heterocycles. The first kappa shape index (κ1) is 16.8. The van der Waals surface area contributed by atoms with Crippen LogP contribution in [0.25, 0.3) is 0 Å². The summed E-state index contributed by atoms with van der Waals surface area (Å²) in [5.74, 6) is -1.22. The molecule has 0 bridgehead atoms. The molecule has 1 amide bonds. The lowest BCUT2D eigenvalue weighted by molar-refractivity contribution is 0.102. The van der Waals surface area contributed by atoms with E-state index in [0.29, 0.717) is 11.4 Å². The highest BCUT2D eigenvalue weighted by Crippen LogP contribution is 2.20. The molecule has 0 radical (unpaired) electrons. The third kappa shape index (κ3) is 4.27. The molecule has 0 aliphatic rings. The molecular formula is C17H11ClF2N4O. The highest BCUT2D eigenvalue weighted by atomic mass is 35.5. The van der Waals surface area contributed by atoms with E-state index in [-0.39, 0.29) is 22.4 Å². The third-order valence-electron chi connectivity index (χ3n) is 3.17. The molecule has 5 nitrogen and oxygen atoms in total. The average molecular weight is 361 g/mol. The second kappa shape index (κ2) is 7.23. The number of anilines is 3. The predicted molar refractivity (Wildman–Crippen MR) is 91.1 cm³/mol. The summed E-state index contributed by atoms with van der Waals surface area (Å²) in [4.78, 5) is 20.1. The van der Waals surface area contributed by atoms with Crippen molar-refractivity contribution in [2.75, 3.05) is 10.6 Å². The highest BCUT2D eigenvalue weighted by molar-refractivity contribution is 6.31. The highest BCUT2D eigenvalue weighted by Gasteiger charge is 2.09. The van der Waals surface area contributed by atoms with Crippen molar-refractivity contribution in [3.8, 4) is 0 Å². The van der Waals surface area contributed by atoms with Gasteiger partial charge in [0.2, 0.25) is 5.95 Å². The molecule has 8 heteroatoms. The summed E-state index contributed by atoms with van der Waals surface area (Å²) in [7, 11) is 0. The van der Waals surface area contributed by atoms with Gasteiger partial charge < -0.3 is 10.6 Å². The fraction of sp³-hybridized carbons (Fsp3) is 0. The molecule has 0 fully saturated rings. The van der Waals surface area contributed by atoms with Gasteiger partial charge in [0.05, 0.1) is 10.6 Å². The van der Waals surface area contributed by atoms with E-state index in [2.05, 4.69) is 20.6 Å². The van der Waals surface area contributed by atoms with E-state index < -0.39 is 11.7 Å². The molecule has 1 aromatic heterocycles.